The van der Waals surface area contributed by atoms with Crippen LogP contribution in [0.2, 0.25) is 0 Å². The average Bonchev–Trinajstić information content (AvgIpc) is 2.56. The summed E-state index contributed by atoms with van der Waals surface area (Å²) in [5.74, 6) is 0.132. The van der Waals surface area contributed by atoms with Crippen LogP contribution in [0.5, 0.6) is 5.75 Å². The maximum absolute atomic E-state index is 12.5. The highest BCUT2D eigenvalue weighted by molar-refractivity contribution is 7.89. The van der Waals surface area contributed by atoms with E-state index in [0.717, 1.165) is 11.3 Å². The molecule has 0 aliphatic carbocycles. The van der Waals surface area contributed by atoms with Crippen LogP contribution in [0.3, 0.4) is 0 Å². The minimum absolute atomic E-state index is 0.103. The van der Waals surface area contributed by atoms with Gasteiger partial charge in [-0.2, -0.15) is 4.31 Å². The van der Waals surface area contributed by atoms with Crippen LogP contribution in [-0.4, -0.2) is 38.8 Å². The van der Waals surface area contributed by atoms with E-state index in [9.17, 15) is 13.2 Å². The molecule has 6 nitrogen and oxygen atoms in total. The Labute approximate surface area is 141 Å². The summed E-state index contributed by atoms with van der Waals surface area (Å²) in [6, 6.07) is 13.1. The van der Waals surface area contributed by atoms with E-state index in [1.165, 1.54) is 35.6 Å². The van der Waals surface area contributed by atoms with Crippen LogP contribution < -0.4 is 10.5 Å². The van der Waals surface area contributed by atoms with E-state index in [2.05, 4.69) is 0 Å². The molecule has 2 aromatic rings. The van der Waals surface area contributed by atoms with Crippen molar-refractivity contribution in [2.45, 2.75) is 11.8 Å². The summed E-state index contributed by atoms with van der Waals surface area (Å²) in [5.41, 5.74) is 6.40. The van der Waals surface area contributed by atoms with Crippen molar-refractivity contribution in [1.82, 2.24) is 4.31 Å². The van der Waals surface area contributed by atoms with Gasteiger partial charge in [-0.1, -0.05) is 18.2 Å². The van der Waals surface area contributed by atoms with Crippen molar-refractivity contribution in [3.8, 4) is 5.75 Å². The van der Waals surface area contributed by atoms with Gasteiger partial charge >= 0.3 is 0 Å². The zero-order valence-corrected chi connectivity index (χ0v) is 14.4. The van der Waals surface area contributed by atoms with Gasteiger partial charge in [-0.15, -0.1) is 0 Å². The molecule has 7 heteroatoms. The highest BCUT2D eigenvalue weighted by Gasteiger charge is 2.20. The van der Waals surface area contributed by atoms with Gasteiger partial charge in [0, 0.05) is 19.2 Å². The first-order valence-corrected chi connectivity index (χ1v) is 8.81. The summed E-state index contributed by atoms with van der Waals surface area (Å²) in [6.07, 6.45) is 0. The predicted molar refractivity (Wildman–Crippen MR) is 91.4 cm³/mol. The molecule has 0 fully saturated rings. The molecule has 1 amide bonds. The quantitative estimate of drug-likeness (QED) is 0.826. The van der Waals surface area contributed by atoms with Crippen LogP contribution in [0.4, 0.5) is 0 Å². The van der Waals surface area contributed by atoms with Crippen molar-refractivity contribution in [1.29, 1.82) is 0 Å². The van der Waals surface area contributed by atoms with Crippen molar-refractivity contribution in [3.63, 3.8) is 0 Å². The number of amides is 1. The maximum atomic E-state index is 12.5. The molecule has 0 radical (unpaired) electrons. The number of aryl methyl sites for hydroxylation is 1. The molecule has 0 aromatic heterocycles. The number of carbonyl (C=O) groups excluding carboxylic acids is 1. The lowest BCUT2D eigenvalue weighted by atomic mass is 10.2. The van der Waals surface area contributed by atoms with Gasteiger partial charge in [-0.25, -0.2) is 8.42 Å². The lowest BCUT2D eigenvalue weighted by Crippen LogP contribution is -2.31. The van der Waals surface area contributed by atoms with Gasteiger partial charge in [0.2, 0.25) is 15.9 Å². The van der Waals surface area contributed by atoms with E-state index >= 15 is 0 Å². The SMILES string of the molecule is Cc1ccccc1OCCN(C)S(=O)(=O)c1ccc(C(N)=O)cc1. The van der Waals surface area contributed by atoms with Crippen molar-refractivity contribution in [2.24, 2.45) is 5.73 Å². The predicted octanol–water partition coefficient (Wildman–Crippen LogP) is 1.79. The number of hydrogen-bond donors (Lipinski definition) is 1. The molecule has 0 spiro atoms. The Bertz CT molecular complexity index is 817. The molecule has 2 N–H and O–H groups in total. The number of benzene rings is 2. The smallest absolute Gasteiger partial charge is 0.248 e. The Morgan fingerprint density at radius 3 is 2.33 bits per heavy atom. The molecule has 0 saturated heterocycles. The van der Waals surface area contributed by atoms with Crippen LogP contribution in [0.25, 0.3) is 0 Å². The fourth-order valence-electron chi connectivity index (χ4n) is 2.09. The largest absolute Gasteiger partial charge is 0.492 e. The van der Waals surface area contributed by atoms with Crippen LogP contribution in [-0.2, 0) is 10.0 Å². The molecule has 2 aromatic carbocycles. The third-order valence-corrected chi connectivity index (χ3v) is 5.48. The molecule has 0 heterocycles. The molecule has 2 rings (SSSR count). The van der Waals surface area contributed by atoms with E-state index in [4.69, 9.17) is 10.5 Å². The Kier molecular flexibility index (Phi) is 5.58. The zero-order valence-electron chi connectivity index (χ0n) is 13.6. The number of para-hydroxylation sites is 1. The Balaban J connectivity index is 2.01. The van der Waals surface area contributed by atoms with Crippen molar-refractivity contribution < 1.29 is 17.9 Å². The third kappa shape index (κ3) is 4.12. The molecular weight excluding hydrogens is 328 g/mol. The van der Waals surface area contributed by atoms with E-state index in [1.54, 1.807) is 0 Å². The summed E-state index contributed by atoms with van der Waals surface area (Å²) < 4.78 is 31.8. The molecular formula is C17H20N2O4S. The second-order valence-electron chi connectivity index (χ2n) is 5.33. The van der Waals surface area contributed by atoms with Gasteiger partial charge in [-0.3, -0.25) is 4.79 Å². The average molecular weight is 348 g/mol. The Morgan fingerprint density at radius 1 is 1.12 bits per heavy atom. The number of likely N-dealkylation sites (N-methyl/N-ethyl adjacent to an activating group) is 1. The first-order chi connectivity index (χ1) is 11.3. The van der Waals surface area contributed by atoms with Gasteiger partial charge in [0.1, 0.15) is 12.4 Å². The Hall–Kier alpha value is -2.38. The van der Waals surface area contributed by atoms with Crippen LogP contribution in [0, 0.1) is 6.92 Å². The standard InChI is InChI=1S/C17H20N2O4S/c1-13-5-3-4-6-16(13)23-12-11-19(2)24(21,22)15-9-7-14(8-10-15)17(18)20/h3-10H,11-12H2,1-2H3,(H2,18,20). The van der Waals surface area contributed by atoms with E-state index in [-0.39, 0.29) is 23.6 Å². The molecule has 128 valence electrons. The van der Waals surface area contributed by atoms with E-state index in [0.29, 0.717) is 0 Å². The molecule has 0 saturated carbocycles. The number of rotatable bonds is 7. The lowest BCUT2D eigenvalue weighted by molar-refractivity contribution is 0.1000. The first-order valence-electron chi connectivity index (χ1n) is 7.37. The minimum Gasteiger partial charge on any atom is -0.492 e. The summed E-state index contributed by atoms with van der Waals surface area (Å²) in [4.78, 5) is 11.1. The second-order valence-corrected chi connectivity index (χ2v) is 7.37. The summed E-state index contributed by atoms with van der Waals surface area (Å²) in [7, 11) is -2.16. The fraction of sp³-hybridized carbons (Fsp3) is 0.235. The lowest BCUT2D eigenvalue weighted by Gasteiger charge is -2.18. The summed E-state index contributed by atoms with van der Waals surface area (Å²) in [6.45, 7) is 2.37. The monoisotopic (exact) mass is 348 g/mol. The van der Waals surface area contributed by atoms with Gasteiger partial charge in [0.25, 0.3) is 0 Å². The molecule has 0 aliphatic heterocycles. The van der Waals surface area contributed by atoms with E-state index < -0.39 is 15.9 Å². The third-order valence-electron chi connectivity index (χ3n) is 3.60. The molecule has 0 atom stereocenters. The van der Waals surface area contributed by atoms with Gasteiger partial charge < -0.3 is 10.5 Å². The van der Waals surface area contributed by atoms with Crippen molar-refractivity contribution in [2.75, 3.05) is 20.2 Å². The topological polar surface area (TPSA) is 89.7 Å². The number of primary amides is 1. The first kappa shape index (κ1) is 18.0. The molecule has 0 unspecified atom stereocenters. The van der Waals surface area contributed by atoms with Crippen molar-refractivity contribution in [3.05, 3.63) is 59.7 Å². The zero-order chi connectivity index (χ0) is 17.7. The van der Waals surface area contributed by atoms with Crippen LogP contribution in [0.15, 0.2) is 53.4 Å². The second kappa shape index (κ2) is 7.46. The number of ether oxygens (including phenoxy) is 1. The van der Waals surface area contributed by atoms with Crippen LogP contribution in [0.1, 0.15) is 15.9 Å². The highest BCUT2D eigenvalue weighted by atomic mass is 32.2. The molecule has 0 aliphatic rings. The number of hydrogen-bond acceptors (Lipinski definition) is 4. The highest BCUT2D eigenvalue weighted by Crippen LogP contribution is 2.17. The summed E-state index contributed by atoms with van der Waals surface area (Å²) >= 11 is 0. The number of sulfonamides is 1. The van der Waals surface area contributed by atoms with Crippen molar-refractivity contribution >= 4 is 15.9 Å². The molecule has 24 heavy (non-hydrogen) atoms. The maximum Gasteiger partial charge on any atom is 0.248 e. The number of carbonyl (C=O) groups is 1. The molecule has 0 bridgehead atoms. The normalized spacial score (nSPS) is 11.5. The van der Waals surface area contributed by atoms with E-state index in [1.807, 2.05) is 31.2 Å². The fourth-order valence-corrected chi connectivity index (χ4v) is 3.25. The Morgan fingerprint density at radius 2 is 1.75 bits per heavy atom. The van der Waals surface area contributed by atoms with Gasteiger partial charge in [0.05, 0.1) is 4.90 Å². The minimum atomic E-state index is -3.64. The van der Waals surface area contributed by atoms with Gasteiger partial charge in [-0.05, 0) is 42.8 Å². The van der Waals surface area contributed by atoms with Crippen LogP contribution >= 0.6 is 0 Å². The number of nitrogens with zero attached hydrogens (tertiary/aromatic N) is 1. The van der Waals surface area contributed by atoms with Gasteiger partial charge in [0.15, 0.2) is 0 Å². The summed E-state index contributed by atoms with van der Waals surface area (Å²) in [5, 5.41) is 0. The number of nitrogens with two attached hydrogens (primary N) is 1.